The zero-order valence-corrected chi connectivity index (χ0v) is 10.4. The molecule has 1 N–H and O–H groups in total. The van der Waals surface area contributed by atoms with Gasteiger partial charge >= 0.3 is 0 Å². The van der Waals surface area contributed by atoms with Gasteiger partial charge < -0.3 is 9.52 Å². The number of hydrogen-bond donors (Lipinski definition) is 1. The van der Waals surface area contributed by atoms with Crippen LogP contribution in [-0.2, 0) is 5.41 Å². The van der Waals surface area contributed by atoms with Gasteiger partial charge in [-0.25, -0.2) is 0 Å². The summed E-state index contributed by atoms with van der Waals surface area (Å²) >= 11 is 0. The van der Waals surface area contributed by atoms with Gasteiger partial charge in [0.25, 0.3) is 0 Å². The summed E-state index contributed by atoms with van der Waals surface area (Å²) in [5.74, 6) is 1.96. The van der Waals surface area contributed by atoms with Crippen LogP contribution < -0.4 is 0 Å². The molecule has 3 atom stereocenters. The second-order valence-electron chi connectivity index (χ2n) is 5.79. The average Bonchev–Trinajstić information content (AvgIpc) is 2.69. The van der Waals surface area contributed by atoms with E-state index in [1.54, 1.807) is 6.26 Å². The van der Waals surface area contributed by atoms with Gasteiger partial charge in [-0.3, -0.25) is 0 Å². The molecule has 0 spiro atoms. The molecule has 1 aromatic rings. The van der Waals surface area contributed by atoms with Crippen LogP contribution in [0.1, 0.15) is 45.8 Å². The summed E-state index contributed by atoms with van der Waals surface area (Å²) in [5, 5.41) is 10.2. The van der Waals surface area contributed by atoms with Crippen molar-refractivity contribution in [2.45, 2.75) is 51.6 Å². The molecule has 0 aliphatic heterocycles. The Bertz CT molecular complexity index is 327. The zero-order valence-electron chi connectivity index (χ0n) is 10.4. The first kappa shape index (κ1) is 11.7. The number of furan rings is 1. The fraction of sp³-hybridized carbons (Fsp3) is 0.714. The Morgan fingerprint density at radius 1 is 1.38 bits per heavy atom. The van der Waals surface area contributed by atoms with Crippen molar-refractivity contribution in [3.63, 3.8) is 0 Å². The fourth-order valence-electron chi connectivity index (χ4n) is 3.02. The molecule has 0 radical (unpaired) electrons. The molecule has 1 aliphatic carbocycles. The van der Waals surface area contributed by atoms with Gasteiger partial charge in [-0.15, -0.1) is 0 Å². The van der Waals surface area contributed by atoms with E-state index in [0.717, 1.165) is 18.6 Å². The van der Waals surface area contributed by atoms with Gasteiger partial charge in [0.05, 0.1) is 12.4 Å². The average molecular weight is 222 g/mol. The maximum absolute atomic E-state index is 10.2. The Hall–Kier alpha value is -0.760. The van der Waals surface area contributed by atoms with E-state index in [1.165, 1.54) is 6.42 Å². The first-order valence-electron chi connectivity index (χ1n) is 6.24. The smallest absolute Gasteiger partial charge is 0.109 e. The molecule has 2 heteroatoms. The quantitative estimate of drug-likeness (QED) is 0.832. The highest BCUT2D eigenvalue weighted by atomic mass is 16.3. The molecule has 1 fully saturated rings. The van der Waals surface area contributed by atoms with Gasteiger partial charge in [0, 0.05) is 5.41 Å². The van der Waals surface area contributed by atoms with E-state index in [2.05, 4.69) is 20.8 Å². The molecule has 90 valence electrons. The summed E-state index contributed by atoms with van der Waals surface area (Å²) in [6.07, 6.45) is 4.76. The van der Waals surface area contributed by atoms with Crippen molar-refractivity contribution in [2.75, 3.05) is 0 Å². The van der Waals surface area contributed by atoms with Crippen LogP contribution in [0.25, 0.3) is 0 Å². The van der Waals surface area contributed by atoms with Crippen LogP contribution in [0.5, 0.6) is 0 Å². The maximum Gasteiger partial charge on any atom is 0.109 e. The lowest BCUT2D eigenvalue weighted by molar-refractivity contribution is 0.00874. The molecule has 1 saturated carbocycles. The Morgan fingerprint density at radius 2 is 2.12 bits per heavy atom. The first-order valence-corrected chi connectivity index (χ1v) is 6.24. The molecule has 1 heterocycles. The molecule has 0 amide bonds. The Balaban J connectivity index is 2.17. The third-order valence-electron chi connectivity index (χ3n) is 4.16. The predicted molar refractivity (Wildman–Crippen MR) is 64.2 cm³/mol. The van der Waals surface area contributed by atoms with Gasteiger partial charge in [-0.1, -0.05) is 27.2 Å². The molecule has 1 aromatic heterocycles. The summed E-state index contributed by atoms with van der Waals surface area (Å²) in [6.45, 7) is 6.57. The van der Waals surface area contributed by atoms with Crippen LogP contribution in [0, 0.1) is 11.8 Å². The third kappa shape index (κ3) is 2.03. The zero-order chi connectivity index (χ0) is 11.8. The minimum absolute atomic E-state index is 0.0664. The van der Waals surface area contributed by atoms with Crippen LogP contribution in [-0.4, -0.2) is 11.2 Å². The molecule has 3 unspecified atom stereocenters. The van der Waals surface area contributed by atoms with Crippen molar-refractivity contribution in [2.24, 2.45) is 11.8 Å². The number of aliphatic hydroxyl groups excluding tert-OH is 1. The summed E-state index contributed by atoms with van der Waals surface area (Å²) in [5.41, 5.74) is -0.0664. The van der Waals surface area contributed by atoms with Crippen LogP contribution in [0.3, 0.4) is 0 Å². The molecule has 0 bridgehead atoms. The second-order valence-corrected chi connectivity index (χ2v) is 5.79. The van der Waals surface area contributed by atoms with Gasteiger partial charge in [0.2, 0.25) is 0 Å². The van der Waals surface area contributed by atoms with E-state index in [9.17, 15) is 5.11 Å². The van der Waals surface area contributed by atoms with E-state index < -0.39 is 0 Å². The van der Waals surface area contributed by atoms with Crippen molar-refractivity contribution in [3.8, 4) is 0 Å². The highest BCUT2D eigenvalue weighted by Gasteiger charge is 2.40. The second kappa shape index (κ2) is 4.25. The lowest BCUT2D eigenvalue weighted by atomic mass is 9.66. The summed E-state index contributed by atoms with van der Waals surface area (Å²) in [6, 6.07) is 3.94. The monoisotopic (exact) mass is 222 g/mol. The topological polar surface area (TPSA) is 33.4 Å². The highest BCUT2D eigenvalue weighted by Crippen LogP contribution is 2.42. The van der Waals surface area contributed by atoms with E-state index >= 15 is 0 Å². The van der Waals surface area contributed by atoms with E-state index in [0.29, 0.717) is 11.8 Å². The molecular formula is C14H22O2. The van der Waals surface area contributed by atoms with Gasteiger partial charge in [-0.2, -0.15) is 0 Å². The Morgan fingerprint density at radius 3 is 2.69 bits per heavy atom. The Kier molecular flexibility index (Phi) is 3.11. The molecule has 0 saturated heterocycles. The number of aliphatic hydroxyl groups is 1. The highest BCUT2D eigenvalue weighted by molar-refractivity contribution is 5.14. The lowest BCUT2D eigenvalue weighted by Crippen LogP contribution is -2.41. The maximum atomic E-state index is 10.2. The normalized spacial score (nSPS) is 31.6. The molecule has 2 rings (SSSR count). The van der Waals surface area contributed by atoms with Crippen LogP contribution in [0.15, 0.2) is 22.8 Å². The predicted octanol–water partition coefficient (Wildman–Crippen LogP) is 3.35. The molecular weight excluding hydrogens is 200 g/mol. The van der Waals surface area contributed by atoms with E-state index in [4.69, 9.17) is 4.42 Å². The standard InChI is InChI=1S/C14H22O2/c1-10-6-7-11(12(15)9-10)14(2,3)13-5-4-8-16-13/h4-5,8,10-12,15H,6-7,9H2,1-3H3. The Labute approximate surface area is 97.7 Å². The first-order chi connectivity index (χ1) is 7.51. The van der Waals surface area contributed by atoms with Crippen molar-refractivity contribution in [1.82, 2.24) is 0 Å². The van der Waals surface area contributed by atoms with Crippen LogP contribution in [0.4, 0.5) is 0 Å². The summed E-state index contributed by atoms with van der Waals surface area (Å²) in [4.78, 5) is 0. The molecule has 2 nitrogen and oxygen atoms in total. The lowest BCUT2D eigenvalue weighted by Gasteiger charge is -2.40. The van der Waals surface area contributed by atoms with E-state index in [1.807, 2.05) is 12.1 Å². The van der Waals surface area contributed by atoms with Crippen molar-refractivity contribution in [1.29, 1.82) is 0 Å². The van der Waals surface area contributed by atoms with Crippen molar-refractivity contribution < 1.29 is 9.52 Å². The molecule has 1 aliphatic rings. The van der Waals surface area contributed by atoms with Crippen LogP contribution >= 0.6 is 0 Å². The fourth-order valence-corrected chi connectivity index (χ4v) is 3.02. The largest absolute Gasteiger partial charge is 0.469 e. The number of rotatable bonds is 2. The number of hydrogen-bond acceptors (Lipinski definition) is 2. The third-order valence-corrected chi connectivity index (χ3v) is 4.16. The minimum atomic E-state index is -0.191. The van der Waals surface area contributed by atoms with Gasteiger partial charge in [-0.05, 0) is 36.8 Å². The van der Waals surface area contributed by atoms with Crippen molar-refractivity contribution >= 4 is 0 Å². The van der Waals surface area contributed by atoms with Crippen molar-refractivity contribution in [3.05, 3.63) is 24.2 Å². The molecule has 16 heavy (non-hydrogen) atoms. The van der Waals surface area contributed by atoms with E-state index in [-0.39, 0.29) is 11.5 Å². The summed E-state index contributed by atoms with van der Waals surface area (Å²) in [7, 11) is 0. The SMILES string of the molecule is CC1CCC(C(C)(C)c2ccco2)C(O)C1. The minimum Gasteiger partial charge on any atom is -0.469 e. The van der Waals surface area contributed by atoms with Crippen LogP contribution in [0.2, 0.25) is 0 Å². The molecule has 0 aromatic carbocycles. The van der Waals surface area contributed by atoms with Gasteiger partial charge in [0.15, 0.2) is 0 Å². The van der Waals surface area contributed by atoms with Gasteiger partial charge in [0.1, 0.15) is 5.76 Å². The summed E-state index contributed by atoms with van der Waals surface area (Å²) < 4.78 is 5.52.